The Bertz CT molecular complexity index is 601. The lowest BCUT2D eigenvalue weighted by atomic mass is 9.97. The number of hydrogen-bond donors (Lipinski definition) is 2. The van der Waals surface area contributed by atoms with E-state index in [9.17, 15) is 0 Å². The fourth-order valence-electron chi connectivity index (χ4n) is 3.69. The van der Waals surface area contributed by atoms with Crippen LogP contribution in [-0.4, -0.2) is 69.5 Å². The van der Waals surface area contributed by atoms with Gasteiger partial charge >= 0.3 is 0 Å². The van der Waals surface area contributed by atoms with Gasteiger partial charge in [-0.1, -0.05) is 29.8 Å². The maximum absolute atomic E-state index is 6.26. The minimum Gasteiger partial charge on any atom is -0.381 e. The molecule has 2 N–H and O–H groups in total. The molecule has 2 saturated heterocycles. The third-order valence-electron chi connectivity index (χ3n) is 5.21. The molecule has 0 amide bonds. The summed E-state index contributed by atoms with van der Waals surface area (Å²) in [7, 11) is 0. The Hall–Kier alpha value is -1.34. The molecule has 2 fully saturated rings. The number of rotatable bonds is 7. The lowest BCUT2D eigenvalue weighted by Crippen LogP contribution is -2.53. The summed E-state index contributed by atoms with van der Waals surface area (Å²) in [4.78, 5) is 7.26. The van der Waals surface area contributed by atoms with Crippen molar-refractivity contribution in [2.24, 2.45) is 10.9 Å². The minimum absolute atomic E-state index is 0.431. The van der Waals surface area contributed by atoms with Gasteiger partial charge in [-0.15, -0.1) is 0 Å². The highest BCUT2D eigenvalue weighted by Crippen LogP contribution is 2.22. The largest absolute Gasteiger partial charge is 0.381 e. The van der Waals surface area contributed by atoms with Crippen LogP contribution < -0.4 is 10.6 Å². The minimum atomic E-state index is 0.431. The van der Waals surface area contributed by atoms with Gasteiger partial charge < -0.3 is 20.1 Å². The monoisotopic (exact) mass is 394 g/mol. The van der Waals surface area contributed by atoms with Gasteiger partial charge in [0.15, 0.2) is 5.96 Å². The van der Waals surface area contributed by atoms with E-state index >= 15 is 0 Å². The van der Waals surface area contributed by atoms with Crippen LogP contribution in [-0.2, 0) is 16.0 Å². The molecule has 0 bridgehead atoms. The molecule has 1 aromatic rings. The second-order valence-corrected chi connectivity index (χ2v) is 7.41. The third-order valence-corrected chi connectivity index (χ3v) is 5.58. The number of guanidine groups is 1. The van der Waals surface area contributed by atoms with E-state index in [2.05, 4.69) is 22.5 Å². The van der Waals surface area contributed by atoms with Crippen molar-refractivity contribution in [2.45, 2.75) is 25.9 Å². The number of hydrogen-bond acceptors (Lipinski definition) is 4. The Morgan fingerprint density at radius 1 is 1.22 bits per heavy atom. The maximum Gasteiger partial charge on any atom is 0.191 e. The fraction of sp³-hybridized carbons (Fsp3) is 0.650. The van der Waals surface area contributed by atoms with Gasteiger partial charge in [0.2, 0.25) is 0 Å². The first-order valence-electron chi connectivity index (χ1n) is 9.93. The van der Waals surface area contributed by atoms with Gasteiger partial charge in [-0.2, -0.15) is 0 Å². The lowest BCUT2D eigenvalue weighted by molar-refractivity contribution is 0.00246. The van der Waals surface area contributed by atoms with Crippen LogP contribution >= 0.6 is 11.6 Å². The summed E-state index contributed by atoms with van der Waals surface area (Å²) in [5.74, 6) is 1.39. The summed E-state index contributed by atoms with van der Waals surface area (Å²) in [6.07, 6.45) is 1.12. The van der Waals surface area contributed by atoms with Crippen LogP contribution in [0, 0.1) is 5.92 Å². The SMILES string of the molecule is CCNC(=NCc1ccccc1Cl)NCC(C1CCOC1)N1CCOCC1. The first-order chi connectivity index (χ1) is 13.3. The molecule has 150 valence electrons. The summed E-state index contributed by atoms with van der Waals surface area (Å²) in [6, 6.07) is 8.28. The van der Waals surface area contributed by atoms with Gasteiger partial charge in [0, 0.05) is 49.8 Å². The number of nitrogens with zero attached hydrogens (tertiary/aromatic N) is 2. The number of nitrogens with one attached hydrogen (secondary N) is 2. The van der Waals surface area contributed by atoms with Crippen LogP contribution in [0.2, 0.25) is 5.02 Å². The van der Waals surface area contributed by atoms with Crippen molar-refractivity contribution < 1.29 is 9.47 Å². The van der Waals surface area contributed by atoms with Gasteiger partial charge in [-0.05, 0) is 25.0 Å². The van der Waals surface area contributed by atoms with Gasteiger partial charge in [0.05, 0.1) is 26.4 Å². The molecule has 1 aromatic carbocycles. The zero-order valence-electron chi connectivity index (χ0n) is 16.1. The molecule has 2 atom stereocenters. The average molecular weight is 395 g/mol. The van der Waals surface area contributed by atoms with Crippen molar-refractivity contribution in [3.05, 3.63) is 34.9 Å². The predicted octanol–water partition coefficient (Wildman–Crippen LogP) is 2.13. The van der Waals surface area contributed by atoms with Crippen LogP contribution in [0.4, 0.5) is 0 Å². The molecule has 2 unspecified atom stereocenters. The van der Waals surface area contributed by atoms with E-state index in [1.54, 1.807) is 0 Å². The summed E-state index contributed by atoms with van der Waals surface area (Å²) >= 11 is 6.26. The van der Waals surface area contributed by atoms with E-state index in [1.165, 1.54) is 0 Å². The predicted molar refractivity (Wildman–Crippen MR) is 109 cm³/mol. The van der Waals surface area contributed by atoms with E-state index in [4.69, 9.17) is 26.1 Å². The fourth-order valence-corrected chi connectivity index (χ4v) is 3.89. The molecule has 6 nitrogen and oxygen atoms in total. The molecular formula is C20H31ClN4O2. The highest BCUT2D eigenvalue weighted by molar-refractivity contribution is 6.31. The molecule has 27 heavy (non-hydrogen) atoms. The maximum atomic E-state index is 6.26. The van der Waals surface area contributed by atoms with Gasteiger partial charge in [0.1, 0.15) is 0 Å². The zero-order valence-corrected chi connectivity index (χ0v) is 16.9. The lowest BCUT2D eigenvalue weighted by Gasteiger charge is -2.37. The van der Waals surface area contributed by atoms with Crippen LogP contribution in [0.5, 0.6) is 0 Å². The molecule has 2 heterocycles. The smallest absolute Gasteiger partial charge is 0.191 e. The molecule has 0 saturated carbocycles. The molecule has 3 rings (SSSR count). The van der Waals surface area contributed by atoms with Crippen LogP contribution in [0.25, 0.3) is 0 Å². The second-order valence-electron chi connectivity index (χ2n) is 7.01. The third kappa shape index (κ3) is 6.07. The Morgan fingerprint density at radius 2 is 2.04 bits per heavy atom. The number of halogens is 1. The Balaban J connectivity index is 1.62. The molecule has 0 radical (unpaired) electrons. The molecule has 7 heteroatoms. The Labute approximate surface area is 167 Å². The number of ether oxygens (including phenoxy) is 2. The van der Waals surface area contributed by atoms with Crippen LogP contribution in [0.15, 0.2) is 29.3 Å². The van der Waals surface area contributed by atoms with Crippen molar-refractivity contribution in [1.82, 2.24) is 15.5 Å². The van der Waals surface area contributed by atoms with E-state index in [0.717, 1.165) is 75.6 Å². The van der Waals surface area contributed by atoms with E-state index < -0.39 is 0 Å². The first-order valence-corrected chi connectivity index (χ1v) is 10.3. The summed E-state index contributed by atoms with van der Waals surface area (Å²) < 4.78 is 11.2. The molecule has 0 aromatic heterocycles. The normalized spacial score (nSPS) is 22.6. The Kier molecular flexibility index (Phi) is 8.20. The van der Waals surface area contributed by atoms with Crippen molar-refractivity contribution in [3.8, 4) is 0 Å². The summed E-state index contributed by atoms with van der Waals surface area (Å²) in [5.41, 5.74) is 1.03. The average Bonchev–Trinajstić information content (AvgIpc) is 3.22. The first kappa shape index (κ1) is 20.4. The van der Waals surface area contributed by atoms with Crippen molar-refractivity contribution in [1.29, 1.82) is 0 Å². The summed E-state index contributed by atoms with van der Waals surface area (Å²) in [5, 5.41) is 7.64. The van der Waals surface area contributed by atoms with Crippen LogP contribution in [0.3, 0.4) is 0 Å². The van der Waals surface area contributed by atoms with Crippen LogP contribution in [0.1, 0.15) is 18.9 Å². The van der Waals surface area contributed by atoms with Crippen molar-refractivity contribution >= 4 is 17.6 Å². The number of benzene rings is 1. The van der Waals surface area contributed by atoms with E-state index in [0.29, 0.717) is 18.5 Å². The standard InChI is InChI=1S/C20H31ClN4O2/c1-2-22-20(23-13-16-5-3-4-6-18(16)21)24-14-19(17-7-10-27-15-17)25-8-11-26-12-9-25/h3-6,17,19H,2,7-15H2,1H3,(H2,22,23,24). The molecule has 2 aliphatic heterocycles. The van der Waals surface area contributed by atoms with Gasteiger partial charge in [0.25, 0.3) is 0 Å². The number of morpholine rings is 1. The molecule has 0 spiro atoms. The van der Waals surface area contributed by atoms with E-state index in [-0.39, 0.29) is 0 Å². The highest BCUT2D eigenvalue weighted by Gasteiger charge is 2.31. The van der Waals surface area contributed by atoms with Gasteiger partial charge in [-0.3, -0.25) is 4.90 Å². The van der Waals surface area contributed by atoms with Crippen molar-refractivity contribution in [2.75, 3.05) is 52.6 Å². The highest BCUT2D eigenvalue weighted by atomic mass is 35.5. The molecule has 2 aliphatic rings. The van der Waals surface area contributed by atoms with Crippen molar-refractivity contribution in [3.63, 3.8) is 0 Å². The Morgan fingerprint density at radius 3 is 2.74 bits per heavy atom. The molecule has 0 aliphatic carbocycles. The number of aliphatic imine (C=N–C) groups is 1. The quantitative estimate of drug-likeness (QED) is 0.548. The van der Waals surface area contributed by atoms with E-state index in [1.807, 2.05) is 24.3 Å². The molecular weight excluding hydrogens is 364 g/mol. The zero-order chi connectivity index (χ0) is 18.9. The topological polar surface area (TPSA) is 58.1 Å². The summed E-state index contributed by atoms with van der Waals surface area (Å²) in [6.45, 7) is 9.61. The van der Waals surface area contributed by atoms with Gasteiger partial charge in [-0.25, -0.2) is 4.99 Å². The second kappa shape index (κ2) is 10.9.